The van der Waals surface area contributed by atoms with E-state index >= 15 is 0 Å². The molecule has 6 rings (SSSR count). The molecule has 36 heavy (non-hydrogen) atoms. The molecule has 0 spiro atoms. The van der Waals surface area contributed by atoms with Gasteiger partial charge in [-0.2, -0.15) is 0 Å². The van der Waals surface area contributed by atoms with Gasteiger partial charge in [-0.05, 0) is 48.0 Å². The van der Waals surface area contributed by atoms with E-state index in [1.165, 1.54) is 0 Å². The van der Waals surface area contributed by atoms with Crippen LogP contribution in [0.2, 0.25) is 0 Å². The Labute approximate surface area is 207 Å². The van der Waals surface area contributed by atoms with E-state index in [1.54, 1.807) is 12.3 Å². The highest BCUT2D eigenvalue weighted by Gasteiger charge is 2.20. The quantitative estimate of drug-likeness (QED) is 0.294. The average Bonchev–Trinajstić information content (AvgIpc) is 3.56. The smallest absolute Gasteiger partial charge is 0.249 e. The maximum atomic E-state index is 13.4. The van der Waals surface area contributed by atoms with Gasteiger partial charge in [0.05, 0.1) is 17.3 Å². The fourth-order valence-corrected chi connectivity index (χ4v) is 4.81. The Balaban J connectivity index is 1.58. The molecule has 0 saturated heterocycles. The van der Waals surface area contributed by atoms with Gasteiger partial charge in [0, 0.05) is 39.6 Å². The van der Waals surface area contributed by atoms with E-state index in [0.29, 0.717) is 23.2 Å². The first kappa shape index (κ1) is 21.6. The van der Waals surface area contributed by atoms with Crippen molar-refractivity contribution < 1.29 is 14.0 Å². The van der Waals surface area contributed by atoms with E-state index in [4.69, 9.17) is 10.2 Å². The first-order valence-corrected chi connectivity index (χ1v) is 11.6. The number of furan rings is 1. The molecule has 5 heteroatoms. The van der Waals surface area contributed by atoms with Crippen LogP contribution in [-0.4, -0.2) is 16.3 Å². The fraction of sp³-hybridized carbons (Fsp3) is 0.0323. The van der Waals surface area contributed by atoms with E-state index in [1.807, 2.05) is 91.0 Å². The van der Waals surface area contributed by atoms with E-state index in [-0.39, 0.29) is 5.78 Å². The van der Waals surface area contributed by atoms with Crippen molar-refractivity contribution in [3.63, 3.8) is 0 Å². The standard InChI is InChI=1S/C31H21N2O3/c32-31(35)25-12-6-13-26-29(25)24-16-15-21(28-14-7-17-36-28)18-27(24)33(26)19-22-10-4-5-11-23(22)30(34)20-8-2-1-3-9-20/h1-15,17-18H,19H2,(H2,32,35). The summed E-state index contributed by atoms with van der Waals surface area (Å²) in [5, 5.41) is 1.54. The minimum absolute atomic E-state index is 0.0346. The number of rotatable bonds is 6. The highest BCUT2D eigenvalue weighted by atomic mass is 16.3. The van der Waals surface area contributed by atoms with Crippen molar-refractivity contribution in [3.05, 3.63) is 132 Å². The number of ketones is 1. The second kappa shape index (κ2) is 8.71. The molecule has 2 aromatic heterocycles. The normalized spacial score (nSPS) is 11.2. The highest BCUT2D eigenvalue weighted by Crippen LogP contribution is 2.35. The SMILES string of the molecule is NC(=O)c1cccc2c1c1[c]cc(-c3ccco3)cc1n2Cc1ccccc1C(=O)c1ccccc1. The molecule has 0 unspecified atom stereocenters. The molecule has 1 radical (unpaired) electrons. The second-order valence-electron chi connectivity index (χ2n) is 8.63. The molecular weight excluding hydrogens is 448 g/mol. The third-order valence-electron chi connectivity index (χ3n) is 6.49. The lowest BCUT2D eigenvalue weighted by atomic mass is 9.98. The lowest BCUT2D eigenvalue weighted by Gasteiger charge is -2.13. The summed E-state index contributed by atoms with van der Waals surface area (Å²) in [6.45, 7) is 0.423. The Morgan fingerprint density at radius 1 is 0.833 bits per heavy atom. The predicted molar refractivity (Wildman–Crippen MR) is 140 cm³/mol. The van der Waals surface area contributed by atoms with Gasteiger partial charge in [-0.25, -0.2) is 0 Å². The molecule has 0 fully saturated rings. The Morgan fingerprint density at radius 3 is 2.39 bits per heavy atom. The molecule has 2 heterocycles. The van der Waals surface area contributed by atoms with Gasteiger partial charge < -0.3 is 14.7 Å². The van der Waals surface area contributed by atoms with Gasteiger partial charge in [0.15, 0.2) is 5.78 Å². The Morgan fingerprint density at radius 2 is 1.61 bits per heavy atom. The molecule has 5 nitrogen and oxygen atoms in total. The molecule has 0 aliphatic carbocycles. The molecule has 0 saturated carbocycles. The molecule has 2 N–H and O–H groups in total. The van der Waals surface area contributed by atoms with Crippen LogP contribution in [0, 0.1) is 6.07 Å². The van der Waals surface area contributed by atoms with Crippen molar-refractivity contribution in [1.29, 1.82) is 0 Å². The van der Waals surface area contributed by atoms with E-state index in [0.717, 1.165) is 38.7 Å². The van der Waals surface area contributed by atoms with Crippen molar-refractivity contribution in [2.45, 2.75) is 6.54 Å². The number of nitrogens with two attached hydrogens (primary N) is 1. The predicted octanol–water partition coefficient (Wildman–Crippen LogP) is 6.23. The topological polar surface area (TPSA) is 78.2 Å². The number of hydrogen-bond donors (Lipinski definition) is 1. The van der Waals surface area contributed by atoms with Crippen LogP contribution in [0.1, 0.15) is 31.8 Å². The summed E-state index contributed by atoms with van der Waals surface area (Å²) < 4.78 is 7.72. The first-order valence-electron chi connectivity index (χ1n) is 11.6. The number of carbonyl (C=O) groups is 2. The van der Waals surface area contributed by atoms with Crippen LogP contribution < -0.4 is 5.73 Å². The number of fused-ring (bicyclic) bond motifs is 3. The van der Waals surface area contributed by atoms with E-state index in [2.05, 4.69) is 10.6 Å². The van der Waals surface area contributed by atoms with Crippen LogP contribution in [0.15, 0.2) is 108 Å². The van der Waals surface area contributed by atoms with Crippen LogP contribution in [0.4, 0.5) is 0 Å². The molecule has 0 aliphatic rings. The van der Waals surface area contributed by atoms with Gasteiger partial charge >= 0.3 is 0 Å². The number of carbonyl (C=O) groups excluding carboxylic acids is 2. The summed E-state index contributed by atoms with van der Waals surface area (Å²) in [7, 11) is 0. The zero-order valence-corrected chi connectivity index (χ0v) is 19.3. The summed E-state index contributed by atoms with van der Waals surface area (Å²) in [4.78, 5) is 25.7. The Hall–Kier alpha value is -4.90. The molecule has 0 aliphatic heterocycles. The Kier molecular flexibility index (Phi) is 5.23. The summed E-state index contributed by atoms with van der Waals surface area (Å²) in [5.74, 6) is 0.190. The number of amides is 1. The van der Waals surface area contributed by atoms with Gasteiger partial charge in [-0.1, -0.05) is 60.7 Å². The van der Waals surface area contributed by atoms with Crippen molar-refractivity contribution in [3.8, 4) is 11.3 Å². The zero-order valence-electron chi connectivity index (χ0n) is 19.3. The number of primary amides is 1. The molecule has 173 valence electrons. The maximum Gasteiger partial charge on any atom is 0.249 e. The average molecular weight is 470 g/mol. The second-order valence-corrected chi connectivity index (χ2v) is 8.63. The summed E-state index contributed by atoms with van der Waals surface area (Å²) in [5.41, 5.74) is 10.9. The molecule has 4 aromatic carbocycles. The minimum Gasteiger partial charge on any atom is -0.464 e. The van der Waals surface area contributed by atoms with Crippen LogP contribution in [0.3, 0.4) is 0 Å². The van der Waals surface area contributed by atoms with Crippen LogP contribution in [0.5, 0.6) is 0 Å². The number of nitrogens with zero attached hydrogens (tertiary/aromatic N) is 1. The van der Waals surface area contributed by atoms with Gasteiger partial charge in [0.2, 0.25) is 5.91 Å². The van der Waals surface area contributed by atoms with E-state index in [9.17, 15) is 9.59 Å². The van der Waals surface area contributed by atoms with Crippen molar-refractivity contribution in [1.82, 2.24) is 4.57 Å². The molecular formula is C31H21N2O3. The largest absolute Gasteiger partial charge is 0.464 e. The lowest BCUT2D eigenvalue weighted by Crippen LogP contribution is -2.11. The molecule has 1 amide bonds. The van der Waals surface area contributed by atoms with Gasteiger partial charge in [0.1, 0.15) is 5.76 Å². The first-order chi connectivity index (χ1) is 17.6. The minimum atomic E-state index is -0.497. The van der Waals surface area contributed by atoms with E-state index < -0.39 is 5.91 Å². The van der Waals surface area contributed by atoms with Crippen LogP contribution in [0.25, 0.3) is 33.1 Å². The molecule has 0 bridgehead atoms. The van der Waals surface area contributed by atoms with Gasteiger partial charge in [-0.3, -0.25) is 9.59 Å². The van der Waals surface area contributed by atoms with Crippen LogP contribution in [-0.2, 0) is 6.54 Å². The zero-order chi connectivity index (χ0) is 24.6. The van der Waals surface area contributed by atoms with Crippen LogP contribution >= 0.6 is 0 Å². The van der Waals surface area contributed by atoms with Crippen molar-refractivity contribution >= 4 is 33.5 Å². The summed E-state index contributed by atoms with van der Waals surface area (Å²) >= 11 is 0. The Bertz CT molecular complexity index is 1750. The number of benzene rings is 4. The number of aromatic nitrogens is 1. The monoisotopic (exact) mass is 469 g/mol. The maximum absolute atomic E-state index is 13.4. The third kappa shape index (κ3) is 3.58. The number of hydrogen-bond acceptors (Lipinski definition) is 3. The van der Waals surface area contributed by atoms with Gasteiger partial charge in [0.25, 0.3) is 0 Å². The molecule has 0 atom stereocenters. The highest BCUT2D eigenvalue weighted by molar-refractivity contribution is 6.18. The van der Waals surface area contributed by atoms with Crippen molar-refractivity contribution in [2.75, 3.05) is 0 Å². The summed E-state index contributed by atoms with van der Waals surface area (Å²) in [6, 6.07) is 33.4. The molecule has 6 aromatic rings. The van der Waals surface area contributed by atoms with Crippen molar-refractivity contribution in [2.24, 2.45) is 5.73 Å². The lowest BCUT2D eigenvalue weighted by molar-refractivity contribution is 0.1000. The fourth-order valence-electron chi connectivity index (χ4n) is 4.81. The van der Waals surface area contributed by atoms with Gasteiger partial charge in [-0.15, -0.1) is 0 Å². The third-order valence-corrected chi connectivity index (χ3v) is 6.49. The summed E-state index contributed by atoms with van der Waals surface area (Å²) in [6.07, 6.45) is 1.63.